The van der Waals surface area contributed by atoms with Crippen LogP contribution in [0.15, 0.2) is 23.8 Å². The second-order valence-corrected chi connectivity index (χ2v) is 7.09. The first-order valence-corrected chi connectivity index (χ1v) is 8.79. The summed E-state index contributed by atoms with van der Waals surface area (Å²) < 4.78 is 0. The lowest BCUT2D eigenvalue weighted by Crippen LogP contribution is -1.98. The van der Waals surface area contributed by atoms with E-state index < -0.39 is 0 Å². The van der Waals surface area contributed by atoms with E-state index in [2.05, 4.69) is 59.8 Å². The van der Waals surface area contributed by atoms with Crippen LogP contribution in [0.3, 0.4) is 0 Å². The summed E-state index contributed by atoms with van der Waals surface area (Å²) in [6, 6.07) is 0. The number of hydrogen-bond donors (Lipinski definition) is 0. The molecule has 118 valence electrons. The minimum atomic E-state index is 0.721. The van der Waals surface area contributed by atoms with Gasteiger partial charge in [-0.25, -0.2) is 0 Å². The van der Waals surface area contributed by atoms with Crippen LogP contribution in [0.25, 0.3) is 0 Å². The van der Waals surface area contributed by atoms with E-state index in [4.69, 9.17) is 0 Å². The molecule has 2 atom stereocenters. The molecule has 0 nitrogen and oxygen atoms in total. The van der Waals surface area contributed by atoms with Gasteiger partial charge >= 0.3 is 0 Å². The van der Waals surface area contributed by atoms with Crippen molar-refractivity contribution in [3.8, 4) is 0 Å². The van der Waals surface area contributed by atoms with Gasteiger partial charge in [0.1, 0.15) is 0 Å². The minimum Gasteiger partial charge on any atom is -0.0817 e. The number of allylic oxidation sites excluding steroid dienone is 4. The zero-order chi connectivity index (χ0) is 15.4. The van der Waals surface area contributed by atoms with Crippen LogP contribution < -0.4 is 0 Å². The molecule has 0 saturated heterocycles. The summed E-state index contributed by atoms with van der Waals surface area (Å²) in [4.78, 5) is 0. The highest BCUT2D eigenvalue weighted by atomic mass is 14.1. The summed E-state index contributed by atoms with van der Waals surface area (Å²) in [5.74, 6) is 2.50. The van der Waals surface area contributed by atoms with Crippen molar-refractivity contribution in [2.45, 2.75) is 86.5 Å². The molecule has 0 aliphatic carbocycles. The van der Waals surface area contributed by atoms with Crippen LogP contribution in [0.4, 0.5) is 0 Å². The van der Waals surface area contributed by atoms with Gasteiger partial charge in [-0.1, -0.05) is 90.5 Å². The van der Waals surface area contributed by atoms with Crippen LogP contribution in [0.5, 0.6) is 0 Å². The lowest BCUT2D eigenvalue weighted by Gasteiger charge is -2.13. The number of rotatable bonds is 11. The first-order chi connectivity index (χ1) is 9.45. The van der Waals surface area contributed by atoms with Crippen molar-refractivity contribution in [1.82, 2.24) is 0 Å². The molecular weight excluding hydrogens is 240 g/mol. The maximum atomic E-state index is 2.42. The third-order valence-electron chi connectivity index (χ3n) is 4.21. The molecule has 0 heterocycles. The quantitative estimate of drug-likeness (QED) is 0.351. The van der Waals surface area contributed by atoms with Crippen LogP contribution in [-0.2, 0) is 0 Å². The Morgan fingerprint density at radius 3 is 2.05 bits per heavy atom. The lowest BCUT2D eigenvalue weighted by atomic mass is 9.93. The zero-order valence-corrected chi connectivity index (χ0v) is 14.9. The van der Waals surface area contributed by atoms with E-state index in [1.54, 1.807) is 0 Å². The fourth-order valence-corrected chi connectivity index (χ4v) is 2.43. The van der Waals surface area contributed by atoms with E-state index in [-0.39, 0.29) is 0 Å². The van der Waals surface area contributed by atoms with E-state index in [1.165, 1.54) is 44.1 Å². The lowest BCUT2D eigenvalue weighted by molar-refractivity contribution is 0.413. The van der Waals surface area contributed by atoms with Crippen LogP contribution >= 0.6 is 0 Å². The van der Waals surface area contributed by atoms with Gasteiger partial charge in [-0.05, 0) is 37.5 Å². The molecule has 0 aromatic carbocycles. The summed E-state index contributed by atoms with van der Waals surface area (Å²) in [6.45, 7) is 13.8. The molecule has 0 aliphatic heterocycles. The molecule has 0 aliphatic rings. The Kier molecular flexibility index (Phi) is 11.9. The van der Waals surface area contributed by atoms with Crippen molar-refractivity contribution >= 4 is 0 Å². The average Bonchev–Trinajstić information content (AvgIpc) is 2.38. The molecule has 0 saturated carbocycles. The summed E-state index contributed by atoms with van der Waals surface area (Å²) >= 11 is 0. The third-order valence-corrected chi connectivity index (χ3v) is 4.21. The molecule has 0 radical (unpaired) electrons. The normalized spacial score (nSPS) is 16.1. The Morgan fingerprint density at radius 1 is 0.900 bits per heavy atom. The highest BCUT2D eigenvalue weighted by molar-refractivity contribution is 5.10. The SMILES string of the molecule is CCC(C)=CC=C[C@H](C)CCC[C@H](C)CCCC(C)C. The first-order valence-electron chi connectivity index (χ1n) is 8.79. The van der Waals surface area contributed by atoms with Crippen molar-refractivity contribution in [3.63, 3.8) is 0 Å². The van der Waals surface area contributed by atoms with Gasteiger partial charge in [-0.2, -0.15) is 0 Å². The summed E-state index contributed by atoms with van der Waals surface area (Å²) in [5.41, 5.74) is 1.47. The van der Waals surface area contributed by atoms with Crippen LogP contribution in [-0.4, -0.2) is 0 Å². The predicted molar refractivity (Wildman–Crippen MR) is 94.1 cm³/mol. The second kappa shape index (κ2) is 12.2. The Balaban J connectivity index is 3.67. The Morgan fingerprint density at radius 2 is 1.50 bits per heavy atom. The molecule has 0 bridgehead atoms. The first kappa shape index (κ1) is 19.5. The van der Waals surface area contributed by atoms with E-state index in [1.807, 2.05) is 0 Å². The molecule has 0 N–H and O–H groups in total. The van der Waals surface area contributed by atoms with E-state index in [9.17, 15) is 0 Å². The van der Waals surface area contributed by atoms with Gasteiger partial charge in [-0.3, -0.25) is 0 Å². The Labute approximate surface area is 128 Å². The maximum absolute atomic E-state index is 2.42. The van der Waals surface area contributed by atoms with Crippen molar-refractivity contribution in [2.24, 2.45) is 17.8 Å². The van der Waals surface area contributed by atoms with Crippen LogP contribution in [0, 0.1) is 17.8 Å². The van der Waals surface area contributed by atoms with Gasteiger partial charge < -0.3 is 0 Å². The highest BCUT2D eigenvalue weighted by Gasteiger charge is 2.04. The second-order valence-electron chi connectivity index (χ2n) is 7.09. The van der Waals surface area contributed by atoms with Gasteiger partial charge in [0.05, 0.1) is 0 Å². The van der Waals surface area contributed by atoms with E-state index in [0.717, 1.165) is 24.2 Å². The Bertz CT molecular complexity index is 270. The molecule has 0 amide bonds. The highest BCUT2D eigenvalue weighted by Crippen LogP contribution is 2.19. The predicted octanol–water partition coefficient (Wildman–Crippen LogP) is 7.17. The van der Waals surface area contributed by atoms with Gasteiger partial charge in [-0.15, -0.1) is 0 Å². The molecule has 0 fully saturated rings. The molecule has 0 aromatic rings. The topological polar surface area (TPSA) is 0 Å². The molecule has 0 aromatic heterocycles. The van der Waals surface area contributed by atoms with Crippen molar-refractivity contribution < 1.29 is 0 Å². The maximum Gasteiger partial charge on any atom is -0.0259 e. The van der Waals surface area contributed by atoms with Crippen molar-refractivity contribution in [2.75, 3.05) is 0 Å². The summed E-state index contributed by atoms with van der Waals surface area (Å²) in [7, 11) is 0. The van der Waals surface area contributed by atoms with Crippen molar-refractivity contribution in [3.05, 3.63) is 23.8 Å². The monoisotopic (exact) mass is 278 g/mol. The van der Waals surface area contributed by atoms with Gasteiger partial charge in [0.25, 0.3) is 0 Å². The smallest absolute Gasteiger partial charge is 0.0259 e. The Hall–Kier alpha value is -0.520. The fourth-order valence-electron chi connectivity index (χ4n) is 2.43. The largest absolute Gasteiger partial charge is 0.0817 e. The van der Waals surface area contributed by atoms with Gasteiger partial charge in [0.2, 0.25) is 0 Å². The molecule has 0 heteroatoms. The molecule has 0 rings (SSSR count). The van der Waals surface area contributed by atoms with Gasteiger partial charge in [0, 0.05) is 0 Å². The van der Waals surface area contributed by atoms with Crippen molar-refractivity contribution in [1.29, 1.82) is 0 Å². The van der Waals surface area contributed by atoms with Gasteiger partial charge in [0.15, 0.2) is 0 Å². The minimum absolute atomic E-state index is 0.721. The third kappa shape index (κ3) is 12.5. The van der Waals surface area contributed by atoms with E-state index in [0.29, 0.717) is 0 Å². The van der Waals surface area contributed by atoms with Crippen LogP contribution in [0.1, 0.15) is 86.5 Å². The zero-order valence-electron chi connectivity index (χ0n) is 14.9. The number of hydrogen-bond acceptors (Lipinski definition) is 0. The van der Waals surface area contributed by atoms with Crippen LogP contribution in [0.2, 0.25) is 0 Å². The molecule has 0 spiro atoms. The standard InChI is InChI=1S/C20H38/c1-7-18(4)12-9-14-20(6)16-10-15-19(5)13-8-11-17(2)3/h9,12,14,17,19-20H,7-8,10-11,13,15-16H2,1-6H3/t19-,20+/m1/s1. The molecule has 0 unspecified atom stereocenters. The fraction of sp³-hybridized carbons (Fsp3) is 0.800. The average molecular weight is 279 g/mol. The van der Waals surface area contributed by atoms with E-state index >= 15 is 0 Å². The molecular formula is C20H38. The summed E-state index contributed by atoms with van der Waals surface area (Å²) in [6.07, 6.45) is 16.4. The molecule has 20 heavy (non-hydrogen) atoms. The summed E-state index contributed by atoms with van der Waals surface area (Å²) in [5, 5.41) is 0.